The molecule has 0 bridgehead atoms. The highest BCUT2D eigenvalue weighted by atomic mass is 32.2. The van der Waals surface area contributed by atoms with Crippen molar-refractivity contribution >= 4 is 11.8 Å². The number of nitrogens with two attached hydrogens (primary N) is 1. The van der Waals surface area contributed by atoms with E-state index in [1.54, 1.807) is 10.8 Å². The Bertz CT molecular complexity index is 577. The molecular weight excluding hydrogens is 262 g/mol. The Hall–Kier alpha value is -1.60. The maximum atomic E-state index is 11.5. The lowest BCUT2D eigenvalue weighted by molar-refractivity contribution is 0.649. The zero-order valence-corrected chi connectivity index (χ0v) is 11.7. The average molecular weight is 279 g/mol. The SMILES string of the molecule is CCn1c(SC(c2ccccn2)C(C)N)n[nH]c1=O. The molecule has 3 N–H and O–H groups in total. The zero-order valence-electron chi connectivity index (χ0n) is 10.9. The molecule has 2 unspecified atom stereocenters. The van der Waals surface area contributed by atoms with Crippen LogP contribution < -0.4 is 11.4 Å². The summed E-state index contributed by atoms with van der Waals surface area (Å²) in [5, 5.41) is 7.10. The Labute approximate surface area is 115 Å². The van der Waals surface area contributed by atoms with E-state index in [1.807, 2.05) is 32.0 Å². The summed E-state index contributed by atoms with van der Waals surface area (Å²) in [4.78, 5) is 15.9. The second-order valence-corrected chi connectivity index (χ2v) is 5.32. The minimum atomic E-state index is -0.200. The predicted octanol–water partition coefficient (Wildman–Crippen LogP) is 1.17. The molecule has 7 heteroatoms. The highest BCUT2D eigenvalue weighted by Crippen LogP contribution is 2.34. The van der Waals surface area contributed by atoms with Crippen molar-refractivity contribution in [1.29, 1.82) is 0 Å². The Morgan fingerprint density at radius 1 is 1.53 bits per heavy atom. The van der Waals surface area contributed by atoms with Crippen molar-refractivity contribution in [2.75, 3.05) is 0 Å². The molecule has 19 heavy (non-hydrogen) atoms. The maximum Gasteiger partial charge on any atom is 0.343 e. The first-order valence-electron chi connectivity index (χ1n) is 6.11. The van der Waals surface area contributed by atoms with Crippen LogP contribution in [-0.2, 0) is 6.54 Å². The quantitative estimate of drug-likeness (QED) is 0.802. The molecule has 0 aliphatic rings. The van der Waals surface area contributed by atoms with Crippen molar-refractivity contribution < 1.29 is 0 Å². The highest BCUT2D eigenvalue weighted by molar-refractivity contribution is 7.99. The number of pyridine rings is 1. The van der Waals surface area contributed by atoms with Crippen molar-refractivity contribution in [2.24, 2.45) is 5.73 Å². The topological polar surface area (TPSA) is 89.6 Å². The molecule has 0 saturated heterocycles. The van der Waals surface area contributed by atoms with E-state index >= 15 is 0 Å². The molecule has 0 radical (unpaired) electrons. The second kappa shape index (κ2) is 6.03. The predicted molar refractivity (Wildman–Crippen MR) is 75.0 cm³/mol. The van der Waals surface area contributed by atoms with Crippen LogP contribution in [0.3, 0.4) is 0 Å². The van der Waals surface area contributed by atoms with Gasteiger partial charge in [-0.15, -0.1) is 5.10 Å². The van der Waals surface area contributed by atoms with Crippen LogP contribution in [-0.4, -0.2) is 25.8 Å². The van der Waals surface area contributed by atoms with Crippen LogP contribution in [0, 0.1) is 0 Å². The van der Waals surface area contributed by atoms with Crippen molar-refractivity contribution in [1.82, 2.24) is 19.7 Å². The molecule has 2 heterocycles. The van der Waals surface area contributed by atoms with Crippen molar-refractivity contribution in [3.05, 3.63) is 40.6 Å². The van der Waals surface area contributed by atoms with Gasteiger partial charge in [0.1, 0.15) is 0 Å². The largest absolute Gasteiger partial charge is 0.343 e. The van der Waals surface area contributed by atoms with E-state index in [2.05, 4.69) is 15.2 Å². The fourth-order valence-electron chi connectivity index (χ4n) is 1.77. The van der Waals surface area contributed by atoms with Gasteiger partial charge in [0.2, 0.25) is 0 Å². The molecule has 0 aliphatic carbocycles. The van der Waals surface area contributed by atoms with Gasteiger partial charge in [-0.1, -0.05) is 17.8 Å². The minimum absolute atomic E-state index is 0.0401. The van der Waals surface area contributed by atoms with Gasteiger partial charge in [0, 0.05) is 18.8 Å². The van der Waals surface area contributed by atoms with Gasteiger partial charge < -0.3 is 5.73 Å². The van der Waals surface area contributed by atoms with Crippen LogP contribution in [0.2, 0.25) is 0 Å². The third-order valence-corrected chi connectivity index (χ3v) is 4.18. The number of hydrogen-bond donors (Lipinski definition) is 2. The summed E-state index contributed by atoms with van der Waals surface area (Å²) in [5.41, 5.74) is 6.72. The summed E-state index contributed by atoms with van der Waals surface area (Å²) in [5.74, 6) is 0. The Morgan fingerprint density at radius 3 is 2.89 bits per heavy atom. The van der Waals surface area contributed by atoms with Gasteiger partial charge in [0.15, 0.2) is 5.16 Å². The molecule has 0 spiro atoms. The summed E-state index contributed by atoms with van der Waals surface area (Å²) in [6.07, 6.45) is 1.74. The Balaban J connectivity index is 2.29. The van der Waals surface area contributed by atoms with E-state index in [9.17, 15) is 4.79 Å². The highest BCUT2D eigenvalue weighted by Gasteiger charge is 2.22. The molecular formula is C12H17N5OS. The first-order valence-corrected chi connectivity index (χ1v) is 6.99. The van der Waals surface area contributed by atoms with Crippen LogP contribution in [0.25, 0.3) is 0 Å². The molecule has 2 rings (SSSR count). The molecule has 0 fully saturated rings. The summed E-state index contributed by atoms with van der Waals surface area (Å²) in [7, 11) is 0. The summed E-state index contributed by atoms with van der Waals surface area (Å²) in [6.45, 7) is 4.40. The molecule has 6 nitrogen and oxygen atoms in total. The van der Waals surface area contributed by atoms with E-state index in [4.69, 9.17) is 5.73 Å². The van der Waals surface area contributed by atoms with E-state index in [0.717, 1.165) is 5.69 Å². The number of thioether (sulfide) groups is 1. The Morgan fingerprint density at radius 2 is 2.32 bits per heavy atom. The number of aromatic nitrogens is 4. The van der Waals surface area contributed by atoms with Gasteiger partial charge in [0.25, 0.3) is 0 Å². The standard InChI is InChI=1S/C12H17N5OS/c1-3-17-11(18)15-16-12(17)19-10(8(2)13)9-6-4-5-7-14-9/h4-8,10H,3,13H2,1-2H3,(H,15,18). The van der Waals surface area contributed by atoms with Crippen molar-refractivity contribution in [3.63, 3.8) is 0 Å². The van der Waals surface area contributed by atoms with Gasteiger partial charge in [-0.05, 0) is 26.0 Å². The Kier molecular flexibility index (Phi) is 4.39. The number of rotatable bonds is 5. The fraction of sp³-hybridized carbons (Fsp3) is 0.417. The third-order valence-electron chi connectivity index (χ3n) is 2.73. The first-order chi connectivity index (χ1) is 9.13. The van der Waals surface area contributed by atoms with Crippen LogP contribution in [0.5, 0.6) is 0 Å². The molecule has 102 valence electrons. The third kappa shape index (κ3) is 3.05. The van der Waals surface area contributed by atoms with E-state index in [1.165, 1.54) is 11.8 Å². The second-order valence-electron chi connectivity index (χ2n) is 4.21. The summed E-state index contributed by atoms with van der Waals surface area (Å²) in [6, 6.07) is 5.62. The molecule has 2 atom stereocenters. The molecule has 2 aromatic rings. The number of aromatic amines is 1. The molecule has 2 aromatic heterocycles. The van der Waals surface area contributed by atoms with Crippen molar-refractivity contribution in [3.8, 4) is 0 Å². The first kappa shape index (κ1) is 13.8. The number of nitrogens with one attached hydrogen (secondary N) is 1. The van der Waals surface area contributed by atoms with Crippen LogP contribution >= 0.6 is 11.8 Å². The van der Waals surface area contributed by atoms with E-state index < -0.39 is 0 Å². The molecule has 0 aliphatic heterocycles. The number of nitrogens with zero attached hydrogens (tertiary/aromatic N) is 3. The molecule has 0 aromatic carbocycles. The maximum absolute atomic E-state index is 11.5. The molecule has 0 amide bonds. The van der Waals surface area contributed by atoms with Crippen LogP contribution in [0.4, 0.5) is 0 Å². The van der Waals surface area contributed by atoms with Crippen LogP contribution in [0.15, 0.2) is 34.3 Å². The fourth-order valence-corrected chi connectivity index (χ4v) is 2.91. The van der Waals surface area contributed by atoms with E-state index in [0.29, 0.717) is 11.7 Å². The van der Waals surface area contributed by atoms with Gasteiger partial charge in [-0.3, -0.25) is 9.55 Å². The molecule has 0 saturated carbocycles. The monoisotopic (exact) mass is 279 g/mol. The normalized spacial score (nSPS) is 14.3. The minimum Gasteiger partial charge on any atom is -0.327 e. The number of hydrogen-bond acceptors (Lipinski definition) is 5. The van der Waals surface area contributed by atoms with Crippen molar-refractivity contribution in [2.45, 2.75) is 36.8 Å². The number of H-pyrrole nitrogens is 1. The summed E-state index contributed by atoms with van der Waals surface area (Å²) < 4.78 is 1.59. The lowest BCUT2D eigenvalue weighted by Crippen LogP contribution is -2.24. The lowest BCUT2D eigenvalue weighted by atomic mass is 10.2. The van der Waals surface area contributed by atoms with Gasteiger partial charge in [0.05, 0.1) is 10.9 Å². The van der Waals surface area contributed by atoms with Gasteiger partial charge >= 0.3 is 5.69 Å². The van der Waals surface area contributed by atoms with E-state index in [-0.39, 0.29) is 17.0 Å². The average Bonchev–Trinajstić information content (AvgIpc) is 2.77. The van der Waals surface area contributed by atoms with Crippen LogP contribution in [0.1, 0.15) is 24.8 Å². The van der Waals surface area contributed by atoms with Gasteiger partial charge in [-0.25, -0.2) is 9.89 Å². The zero-order chi connectivity index (χ0) is 13.8. The summed E-state index contributed by atoms with van der Waals surface area (Å²) >= 11 is 1.46. The van der Waals surface area contributed by atoms with Gasteiger partial charge in [-0.2, -0.15) is 0 Å². The lowest BCUT2D eigenvalue weighted by Gasteiger charge is -2.19. The smallest absolute Gasteiger partial charge is 0.327 e.